The number of para-hydroxylation sites is 1. The van der Waals surface area contributed by atoms with Gasteiger partial charge in [0.25, 0.3) is 5.91 Å². The van der Waals surface area contributed by atoms with Crippen molar-refractivity contribution in [1.82, 2.24) is 9.97 Å². The van der Waals surface area contributed by atoms with Crippen LogP contribution in [0.5, 0.6) is 0 Å². The molecule has 1 aromatic carbocycles. The van der Waals surface area contributed by atoms with Crippen LogP contribution >= 0.6 is 0 Å². The number of hydrogen-bond acceptors (Lipinski definition) is 5. The summed E-state index contributed by atoms with van der Waals surface area (Å²) in [5, 5.41) is 2.64. The second kappa shape index (κ2) is 6.42. The van der Waals surface area contributed by atoms with Crippen LogP contribution in [0.3, 0.4) is 0 Å². The van der Waals surface area contributed by atoms with E-state index in [0.717, 1.165) is 0 Å². The molecule has 0 radical (unpaired) electrons. The molecule has 6 nitrogen and oxygen atoms in total. The molecule has 2 rings (SSSR count). The first-order valence-electron chi connectivity index (χ1n) is 6.06. The zero-order chi connectivity index (χ0) is 14.4. The molecule has 6 heteroatoms. The summed E-state index contributed by atoms with van der Waals surface area (Å²) in [5.74, 6) is -0.893. The van der Waals surface area contributed by atoms with Gasteiger partial charge in [-0.05, 0) is 25.1 Å². The number of anilines is 1. The third-order valence-electron chi connectivity index (χ3n) is 2.49. The Bertz CT molecular complexity index is 614. The van der Waals surface area contributed by atoms with Crippen LogP contribution in [0.25, 0.3) is 0 Å². The Morgan fingerprint density at radius 2 is 2.05 bits per heavy atom. The lowest BCUT2D eigenvalue weighted by atomic mass is 10.1. The van der Waals surface area contributed by atoms with E-state index in [4.69, 9.17) is 4.74 Å². The van der Waals surface area contributed by atoms with E-state index in [1.807, 2.05) is 0 Å². The molecule has 2 aromatic rings. The number of amides is 1. The van der Waals surface area contributed by atoms with Crippen molar-refractivity contribution in [3.8, 4) is 0 Å². The van der Waals surface area contributed by atoms with Gasteiger partial charge in [0.1, 0.15) is 12.0 Å². The van der Waals surface area contributed by atoms with Crippen molar-refractivity contribution in [1.29, 1.82) is 0 Å². The maximum atomic E-state index is 12.0. The van der Waals surface area contributed by atoms with E-state index in [-0.39, 0.29) is 12.3 Å². The quantitative estimate of drug-likeness (QED) is 0.859. The number of benzene rings is 1. The van der Waals surface area contributed by atoms with E-state index < -0.39 is 11.9 Å². The van der Waals surface area contributed by atoms with Gasteiger partial charge in [-0.25, -0.2) is 14.8 Å². The van der Waals surface area contributed by atoms with Gasteiger partial charge in [0.2, 0.25) is 0 Å². The largest absolute Gasteiger partial charge is 0.462 e. The first-order chi connectivity index (χ1) is 9.72. The monoisotopic (exact) mass is 271 g/mol. The predicted octanol–water partition coefficient (Wildman–Crippen LogP) is 1.91. The topological polar surface area (TPSA) is 81.2 Å². The van der Waals surface area contributed by atoms with Crippen LogP contribution in [0.15, 0.2) is 42.9 Å². The molecule has 0 aliphatic rings. The lowest BCUT2D eigenvalue weighted by Crippen LogP contribution is -2.17. The summed E-state index contributed by atoms with van der Waals surface area (Å²) in [6.07, 6.45) is 2.76. The molecule has 0 atom stereocenters. The number of carbonyl (C=O) groups excluding carboxylic acids is 2. The Kier molecular flexibility index (Phi) is 4.39. The summed E-state index contributed by atoms with van der Waals surface area (Å²) in [5.41, 5.74) is 0.907. The van der Waals surface area contributed by atoms with Gasteiger partial charge in [-0.15, -0.1) is 0 Å². The summed E-state index contributed by atoms with van der Waals surface area (Å²) in [6.45, 7) is 1.99. The van der Waals surface area contributed by atoms with E-state index in [1.165, 1.54) is 18.6 Å². The van der Waals surface area contributed by atoms with Crippen molar-refractivity contribution in [2.75, 3.05) is 11.9 Å². The van der Waals surface area contributed by atoms with Crippen LogP contribution in [0.4, 0.5) is 5.69 Å². The lowest BCUT2D eigenvalue weighted by molar-refractivity contribution is 0.0527. The number of carbonyl (C=O) groups is 2. The highest BCUT2D eigenvalue weighted by atomic mass is 16.5. The van der Waals surface area contributed by atoms with Crippen LogP contribution in [-0.2, 0) is 4.74 Å². The Balaban J connectivity index is 2.21. The maximum absolute atomic E-state index is 12.0. The highest BCUT2D eigenvalue weighted by Crippen LogP contribution is 2.17. The Labute approximate surface area is 115 Å². The molecule has 0 bridgehead atoms. The van der Waals surface area contributed by atoms with Gasteiger partial charge in [0.05, 0.1) is 17.9 Å². The van der Waals surface area contributed by atoms with E-state index in [2.05, 4.69) is 15.3 Å². The molecule has 1 aromatic heterocycles. The Morgan fingerprint density at radius 3 is 2.75 bits per heavy atom. The lowest BCUT2D eigenvalue weighted by Gasteiger charge is -2.09. The summed E-state index contributed by atoms with van der Waals surface area (Å²) in [7, 11) is 0. The normalized spacial score (nSPS) is 9.85. The van der Waals surface area contributed by atoms with Crippen molar-refractivity contribution >= 4 is 17.6 Å². The molecule has 1 amide bonds. The number of hydrogen-bond donors (Lipinski definition) is 1. The molecule has 0 aliphatic heterocycles. The molecule has 0 fully saturated rings. The standard InChI is InChI=1S/C14H13N3O3/c1-2-20-14(19)10-5-3-4-6-11(10)17-13(18)12-7-8-15-9-16-12/h3-9H,2H2,1H3,(H,17,18). The molecule has 0 saturated carbocycles. The van der Waals surface area contributed by atoms with Gasteiger partial charge in [0, 0.05) is 6.20 Å². The predicted molar refractivity (Wildman–Crippen MR) is 72.4 cm³/mol. The van der Waals surface area contributed by atoms with Crippen molar-refractivity contribution in [2.45, 2.75) is 6.92 Å². The van der Waals surface area contributed by atoms with Gasteiger partial charge in [0.15, 0.2) is 0 Å². The van der Waals surface area contributed by atoms with Gasteiger partial charge < -0.3 is 10.1 Å². The highest BCUT2D eigenvalue weighted by molar-refractivity contribution is 6.06. The number of rotatable bonds is 4. The molecular weight excluding hydrogens is 258 g/mol. The molecule has 0 saturated heterocycles. The smallest absolute Gasteiger partial charge is 0.340 e. The van der Waals surface area contributed by atoms with Crippen molar-refractivity contribution < 1.29 is 14.3 Å². The first-order valence-corrected chi connectivity index (χ1v) is 6.06. The van der Waals surface area contributed by atoms with Crippen LogP contribution in [0.1, 0.15) is 27.8 Å². The number of esters is 1. The number of aromatic nitrogens is 2. The van der Waals surface area contributed by atoms with E-state index in [0.29, 0.717) is 11.3 Å². The summed E-state index contributed by atoms with van der Waals surface area (Å²) in [6, 6.07) is 8.13. The summed E-state index contributed by atoms with van der Waals surface area (Å²) in [4.78, 5) is 31.4. The maximum Gasteiger partial charge on any atom is 0.340 e. The fourth-order valence-corrected chi connectivity index (χ4v) is 1.59. The van der Waals surface area contributed by atoms with Gasteiger partial charge in [-0.3, -0.25) is 4.79 Å². The second-order valence-electron chi connectivity index (χ2n) is 3.81. The Morgan fingerprint density at radius 1 is 1.25 bits per heavy atom. The molecule has 0 aliphatic carbocycles. The molecule has 20 heavy (non-hydrogen) atoms. The van der Waals surface area contributed by atoms with Gasteiger partial charge in [-0.1, -0.05) is 12.1 Å². The minimum atomic E-state index is -0.480. The van der Waals surface area contributed by atoms with Crippen molar-refractivity contribution in [3.63, 3.8) is 0 Å². The second-order valence-corrected chi connectivity index (χ2v) is 3.81. The van der Waals surface area contributed by atoms with Crippen LogP contribution in [0.2, 0.25) is 0 Å². The third kappa shape index (κ3) is 3.17. The van der Waals surface area contributed by atoms with Crippen LogP contribution in [0, 0.1) is 0 Å². The molecule has 0 spiro atoms. The molecule has 1 heterocycles. The first kappa shape index (κ1) is 13.7. The average Bonchev–Trinajstić information content (AvgIpc) is 2.49. The Hall–Kier alpha value is -2.76. The average molecular weight is 271 g/mol. The van der Waals surface area contributed by atoms with Crippen LogP contribution < -0.4 is 5.32 Å². The minimum absolute atomic E-state index is 0.221. The van der Waals surface area contributed by atoms with Gasteiger partial charge >= 0.3 is 5.97 Å². The summed E-state index contributed by atoms with van der Waals surface area (Å²) < 4.78 is 4.94. The van der Waals surface area contributed by atoms with Crippen LogP contribution in [-0.4, -0.2) is 28.5 Å². The van der Waals surface area contributed by atoms with Crippen molar-refractivity contribution in [2.24, 2.45) is 0 Å². The molecule has 102 valence electrons. The van der Waals surface area contributed by atoms with E-state index >= 15 is 0 Å². The fourth-order valence-electron chi connectivity index (χ4n) is 1.59. The zero-order valence-corrected chi connectivity index (χ0v) is 10.9. The SMILES string of the molecule is CCOC(=O)c1ccccc1NC(=O)c1ccncn1. The van der Waals surface area contributed by atoms with E-state index in [9.17, 15) is 9.59 Å². The number of nitrogens with zero attached hydrogens (tertiary/aromatic N) is 2. The molecule has 1 N–H and O–H groups in total. The van der Waals surface area contributed by atoms with Gasteiger partial charge in [-0.2, -0.15) is 0 Å². The third-order valence-corrected chi connectivity index (χ3v) is 2.49. The summed E-state index contributed by atoms with van der Waals surface area (Å²) >= 11 is 0. The van der Waals surface area contributed by atoms with Crippen molar-refractivity contribution in [3.05, 3.63) is 54.1 Å². The minimum Gasteiger partial charge on any atom is -0.462 e. The highest BCUT2D eigenvalue weighted by Gasteiger charge is 2.15. The molecule has 0 unspecified atom stereocenters. The fraction of sp³-hybridized carbons (Fsp3) is 0.143. The molecular formula is C14H13N3O3. The zero-order valence-electron chi connectivity index (χ0n) is 10.9. The number of nitrogens with one attached hydrogen (secondary N) is 1. The number of ether oxygens (including phenoxy) is 1. The van der Waals surface area contributed by atoms with E-state index in [1.54, 1.807) is 31.2 Å².